The second kappa shape index (κ2) is 7.79. The van der Waals surface area contributed by atoms with Gasteiger partial charge in [-0.1, -0.05) is 33.1 Å². The third kappa shape index (κ3) is 4.73. The highest BCUT2D eigenvalue weighted by Gasteiger charge is 2.36. The molecule has 1 N–H and O–H groups in total. The molecule has 2 aliphatic carbocycles. The lowest BCUT2D eigenvalue weighted by Gasteiger charge is -2.44. The normalized spacial score (nSPS) is 31.5. The molecule has 0 aliphatic heterocycles. The first kappa shape index (κ1) is 16.3. The van der Waals surface area contributed by atoms with E-state index in [1.165, 1.54) is 77.5 Å². The summed E-state index contributed by atoms with van der Waals surface area (Å²) in [4.78, 5) is 2.65. The van der Waals surface area contributed by atoms with Crippen LogP contribution in [0.1, 0.15) is 65.2 Å². The van der Waals surface area contributed by atoms with Gasteiger partial charge in [0.2, 0.25) is 0 Å². The number of rotatable bonds is 8. The molecule has 2 atom stereocenters. The van der Waals surface area contributed by atoms with Crippen LogP contribution in [0, 0.1) is 17.3 Å². The third-order valence-electron chi connectivity index (χ3n) is 5.51. The Labute approximate surface area is 126 Å². The lowest BCUT2D eigenvalue weighted by Crippen LogP contribution is -2.47. The van der Waals surface area contributed by atoms with Gasteiger partial charge in [0, 0.05) is 19.6 Å². The molecule has 0 spiro atoms. The lowest BCUT2D eigenvalue weighted by molar-refractivity contribution is 0.0768. The number of nitrogens with one attached hydrogen (secondary N) is 1. The zero-order valence-corrected chi connectivity index (χ0v) is 14.1. The minimum absolute atomic E-state index is 0.547. The Morgan fingerprint density at radius 2 is 2.00 bits per heavy atom. The van der Waals surface area contributed by atoms with Crippen LogP contribution in [0.25, 0.3) is 0 Å². The molecule has 2 nitrogen and oxygen atoms in total. The molecular weight excluding hydrogens is 244 g/mol. The zero-order chi connectivity index (χ0) is 14.4. The monoisotopic (exact) mass is 280 g/mol. The molecule has 118 valence electrons. The number of hydrogen-bond donors (Lipinski definition) is 1. The Kier molecular flexibility index (Phi) is 6.35. The molecular formula is C18H36N2. The van der Waals surface area contributed by atoms with Crippen molar-refractivity contribution in [1.82, 2.24) is 10.2 Å². The fourth-order valence-electron chi connectivity index (χ4n) is 4.41. The Bertz CT molecular complexity index is 275. The predicted molar refractivity (Wildman–Crippen MR) is 88.1 cm³/mol. The van der Waals surface area contributed by atoms with Crippen molar-refractivity contribution in [2.45, 2.75) is 65.2 Å². The van der Waals surface area contributed by atoms with Crippen LogP contribution < -0.4 is 5.32 Å². The second-order valence-corrected chi connectivity index (χ2v) is 7.87. The Morgan fingerprint density at radius 3 is 2.60 bits per heavy atom. The largest absolute Gasteiger partial charge is 0.316 e. The maximum Gasteiger partial charge on any atom is 0.00473 e. The molecule has 0 amide bonds. The van der Waals surface area contributed by atoms with Crippen molar-refractivity contribution in [1.29, 1.82) is 0 Å². The van der Waals surface area contributed by atoms with Crippen molar-refractivity contribution in [3.63, 3.8) is 0 Å². The molecule has 0 aromatic heterocycles. The van der Waals surface area contributed by atoms with E-state index in [-0.39, 0.29) is 0 Å². The summed E-state index contributed by atoms with van der Waals surface area (Å²) < 4.78 is 0. The van der Waals surface area contributed by atoms with E-state index < -0.39 is 0 Å². The average molecular weight is 280 g/mol. The quantitative estimate of drug-likeness (QED) is 0.678. The molecule has 2 unspecified atom stereocenters. The summed E-state index contributed by atoms with van der Waals surface area (Å²) in [7, 11) is 2.36. The van der Waals surface area contributed by atoms with Gasteiger partial charge in [-0.15, -0.1) is 0 Å². The van der Waals surface area contributed by atoms with Gasteiger partial charge in [0.15, 0.2) is 0 Å². The Hall–Kier alpha value is -0.0800. The first-order chi connectivity index (χ1) is 9.63. The first-order valence-electron chi connectivity index (χ1n) is 9.03. The van der Waals surface area contributed by atoms with E-state index in [0.717, 1.165) is 11.8 Å². The van der Waals surface area contributed by atoms with Crippen LogP contribution in [-0.2, 0) is 0 Å². The molecule has 20 heavy (non-hydrogen) atoms. The molecule has 2 heteroatoms. The Morgan fingerprint density at radius 1 is 1.20 bits per heavy atom. The van der Waals surface area contributed by atoms with Crippen LogP contribution >= 0.6 is 0 Å². The van der Waals surface area contributed by atoms with Gasteiger partial charge in [-0.05, 0) is 62.9 Å². The van der Waals surface area contributed by atoms with Gasteiger partial charge in [0.05, 0.1) is 0 Å². The SMILES string of the molecule is CCCNCC1(CN(C)CC2CCC2)CCCC(C)C1. The molecule has 0 bridgehead atoms. The van der Waals surface area contributed by atoms with Gasteiger partial charge < -0.3 is 10.2 Å². The molecule has 0 aromatic carbocycles. The van der Waals surface area contributed by atoms with Crippen LogP contribution in [0.3, 0.4) is 0 Å². The molecule has 2 fully saturated rings. The highest BCUT2D eigenvalue weighted by Crippen LogP contribution is 2.40. The summed E-state index contributed by atoms with van der Waals surface area (Å²) in [5.41, 5.74) is 0.547. The molecule has 0 aromatic rings. The zero-order valence-electron chi connectivity index (χ0n) is 14.1. The minimum atomic E-state index is 0.547. The van der Waals surface area contributed by atoms with E-state index in [0.29, 0.717) is 5.41 Å². The number of nitrogens with zero attached hydrogens (tertiary/aromatic N) is 1. The van der Waals surface area contributed by atoms with Gasteiger partial charge in [-0.3, -0.25) is 0 Å². The van der Waals surface area contributed by atoms with E-state index in [4.69, 9.17) is 0 Å². The molecule has 0 heterocycles. The first-order valence-corrected chi connectivity index (χ1v) is 9.03. The van der Waals surface area contributed by atoms with Crippen molar-refractivity contribution in [3.8, 4) is 0 Å². The fraction of sp³-hybridized carbons (Fsp3) is 1.00. The molecule has 2 rings (SSSR count). The molecule has 0 saturated heterocycles. The molecule has 0 radical (unpaired) electrons. The van der Waals surface area contributed by atoms with Crippen molar-refractivity contribution < 1.29 is 0 Å². The van der Waals surface area contributed by atoms with Crippen LogP contribution in [0.2, 0.25) is 0 Å². The van der Waals surface area contributed by atoms with E-state index in [2.05, 4.69) is 31.1 Å². The molecule has 2 saturated carbocycles. The summed E-state index contributed by atoms with van der Waals surface area (Å²) in [6, 6.07) is 0. The highest BCUT2D eigenvalue weighted by atomic mass is 15.1. The van der Waals surface area contributed by atoms with E-state index in [1.54, 1.807) is 0 Å². The Balaban J connectivity index is 1.86. The third-order valence-corrected chi connectivity index (χ3v) is 5.51. The maximum absolute atomic E-state index is 3.73. The van der Waals surface area contributed by atoms with Crippen molar-refractivity contribution >= 4 is 0 Å². The highest BCUT2D eigenvalue weighted by molar-refractivity contribution is 4.90. The fourth-order valence-corrected chi connectivity index (χ4v) is 4.41. The van der Waals surface area contributed by atoms with Crippen LogP contribution in [-0.4, -0.2) is 38.1 Å². The van der Waals surface area contributed by atoms with Crippen LogP contribution in [0.15, 0.2) is 0 Å². The van der Waals surface area contributed by atoms with Gasteiger partial charge in [-0.25, -0.2) is 0 Å². The van der Waals surface area contributed by atoms with Gasteiger partial charge >= 0.3 is 0 Å². The maximum atomic E-state index is 3.73. The number of hydrogen-bond acceptors (Lipinski definition) is 2. The van der Waals surface area contributed by atoms with Gasteiger partial charge in [0.1, 0.15) is 0 Å². The van der Waals surface area contributed by atoms with E-state index >= 15 is 0 Å². The predicted octanol–water partition coefficient (Wildman–Crippen LogP) is 3.91. The molecule has 2 aliphatic rings. The van der Waals surface area contributed by atoms with E-state index in [1.807, 2.05) is 0 Å². The second-order valence-electron chi connectivity index (χ2n) is 7.87. The standard InChI is InChI=1S/C18H36N2/c1-4-11-19-14-18(10-6-7-16(2)12-18)15-20(3)13-17-8-5-9-17/h16-17,19H,4-15H2,1-3H3. The minimum Gasteiger partial charge on any atom is -0.316 e. The van der Waals surface area contributed by atoms with E-state index in [9.17, 15) is 0 Å². The van der Waals surface area contributed by atoms with Gasteiger partial charge in [0.25, 0.3) is 0 Å². The van der Waals surface area contributed by atoms with Crippen molar-refractivity contribution in [3.05, 3.63) is 0 Å². The smallest absolute Gasteiger partial charge is 0.00473 e. The van der Waals surface area contributed by atoms with Crippen LogP contribution in [0.5, 0.6) is 0 Å². The van der Waals surface area contributed by atoms with Gasteiger partial charge in [-0.2, -0.15) is 0 Å². The topological polar surface area (TPSA) is 15.3 Å². The summed E-state index contributed by atoms with van der Waals surface area (Å²) in [5, 5.41) is 3.73. The summed E-state index contributed by atoms with van der Waals surface area (Å²) in [5.74, 6) is 1.92. The van der Waals surface area contributed by atoms with Crippen LogP contribution in [0.4, 0.5) is 0 Å². The summed E-state index contributed by atoms with van der Waals surface area (Å²) in [6.07, 6.45) is 11.4. The van der Waals surface area contributed by atoms with Crippen molar-refractivity contribution in [2.75, 3.05) is 33.2 Å². The lowest BCUT2D eigenvalue weighted by atomic mass is 9.69. The average Bonchev–Trinajstić information content (AvgIpc) is 2.34. The van der Waals surface area contributed by atoms with Crippen molar-refractivity contribution in [2.24, 2.45) is 17.3 Å². The summed E-state index contributed by atoms with van der Waals surface area (Å²) >= 11 is 0. The summed E-state index contributed by atoms with van der Waals surface area (Å²) in [6.45, 7) is 9.79.